The zero-order valence-corrected chi connectivity index (χ0v) is 15.2. The zero-order valence-electron chi connectivity index (χ0n) is 13.6. The largest absolute Gasteiger partial charge is 0.368 e. The van der Waals surface area contributed by atoms with Gasteiger partial charge in [0, 0.05) is 19.7 Å². The van der Waals surface area contributed by atoms with Crippen molar-refractivity contribution in [3.05, 3.63) is 0 Å². The van der Waals surface area contributed by atoms with Gasteiger partial charge in [-0.25, -0.2) is 0 Å². The molecule has 0 saturated carbocycles. The van der Waals surface area contributed by atoms with Gasteiger partial charge in [0.05, 0.1) is 0 Å². The molecule has 0 aromatic rings. The van der Waals surface area contributed by atoms with Crippen LogP contribution in [0.25, 0.3) is 0 Å². The van der Waals surface area contributed by atoms with Gasteiger partial charge in [0.15, 0.2) is 0 Å². The first-order valence-electron chi connectivity index (χ1n) is 7.37. The Morgan fingerprint density at radius 3 is 2.24 bits per heavy atom. The van der Waals surface area contributed by atoms with Crippen LogP contribution in [-0.2, 0) is 9.53 Å². The zero-order chi connectivity index (χ0) is 14.3. The summed E-state index contributed by atoms with van der Waals surface area (Å²) in [6.45, 7) is 10.9. The van der Waals surface area contributed by atoms with Gasteiger partial charge in [0.2, 0.25) is 0 Å². The molecule has 0 spiro atoms. The van der Waals surface area contributed by atoms with E-state index in [1.54, 1.807) is 7.11 Å². The quantitative estimate of drug-likeness (QED) is 0.734. The molecular weight excluding hydrogens is 313 g/mol. The second-order valence-corrected chi connectivity index (χ2v) is 5.31. The molecule has 1 rings (SSSR count). The maximum Gasteiger partial charge on any atom is 0.252 e. The normalized spacial score (nSPS) is 18.3. The van der Waals surface area contributed by atoms with Crippen molar-refractivity contribution in [2.75, 3.05) is 39.8 Å². The van der Waals surface area contributed by atoms with E-state index in [4.69, 9.17) is 4.74 Å². The molecule has 1 aliphatic rings. The van der Waals surface area contributed by atoms with Crippen LogP contribution in [0.1, 0.15) is 33.6 Å². The highest BCUT2D eigenvalue weighted by Crippen LogP contribution is 2.22. The predicted molar refractivity (Wildman–Crippen MR) is 91.7 cm³/mol. The lowest BCUT2D eigenvalue weighted by molar-refractivity contribution is -0.147. The number of hydrogen-bond acceptors (Lipinski definition) is 4. The summed E-state index contributed by atoms with van der Waals surface area (Å²) >= 11 is 0. The number of nitrogens with zero attached hydrogens (tertiary/aromatic N) is 1. The summed E-state index contributed by atoms with van der Waals surface area (Å²) in [5.41, 5.74) is -0.636. The highest BCUT2D eigenvalue weighted by atomic mass is 35.5. The fourth-order valence-corrected chi connectivity index (χ4v) is 2.62. The van der Waals surface area contributed by atoms with Gasteiger partial charge < -0.3 is 20.3 Å². The average molecular weight is 344 g/mol. The van der Waals surface area contributed by atoms with Crippen LogP contribution in [0.3, 0.4) is 0 Å². The van der Waals surface area contributed by atoms with Crippen molar-refractivity contribution in [1.82, 2.24) is 15.5 Å². The number of rotatable bonds is 7. The topological polar surface area (TPSA) is 53.6 Å². The molecule has 2 N–H and O–H groups in total. The number of carbonyl (C=O) groups is 1. The SMILES string of the molecule is CCN(CC)CC(C)NC(=O)C1(OC)CCNCC1.Cl.Cl. The van der Waals surface area contributed by atoms with Crippen LogP contribution in [0.4, 0.5) is 0 Å². The van der Waals surface area contributed by atoms with Crippen LogP contribution in [0.15, 0.2) is 0 Å². The Morgan fingerprint density at radius 1 is 1.29 bits per heavy atom. The van der Waals surface area contributed by atoms with E-state index in [9.17, 15) is 4.79 Å². The average Bonchev–Trinajstić information content (AvgIpc) is 2.45. The highest BCUT2D eigenvalue weighted by molar-refractivity contribution is 5.86. The Bertz CT molecular complexity index is 283. The molecule has 7 heteroatoms. The number of ether oxygens (including phenoxy) is 1. The molecule has 0 aromatic heterocycles. The van der Waals surface area contributed by atoms with Crippen LogP contribution in [-0.4, -0.2) is 62.3 Å². The molecule has 21 heavy (non-hydrogen) atoms. The van der Waals surface area contributed by atoms with Gasteiger partial charge >= 0.3 is 0 Å². The third kappa shape index (κ3) is 6.70. The summed E-state index contributed by atoms with van der Waals surface area (Å²) in [4.78, 5) is 14.7. The molecule has 0 bridgehead atoms. The third-order valence-corrected chi connectivity index (χ3v) is 4.02. The minimum Gasteiger partial charge on any atom is -0.368 e. The fourth-order valence-electron chi connectivity index (χ4n) is 2.62. The smallest absolute Gasteiger partial charge is 0.252 e. The van der Waals surface area contributed by atoms with Crippen molar-refractivity contribution >= 4 is 30.7 Å². The molecule has 0 aliphatic carbocycles. The van der Waals surface area contributed by atoms with Gasteiger partial charge in [-0.15, -0.1) is 24.8 Å². The monoisotopic (exact) mass is 343 g/mol. The van der Waals surface area contributed by atoms with Crippen LogP contribution >= 0.6 is 24.8 Å². The Kier molecular flexibility index (Phi) is 12.7. The number of hydrogen-bond donors (Lipinski definition) is 2. The summed E-state index contributed by atoms with van der Waals surface area (Å²) in [6, 6.07) is 0.148. The molecule has 0 aromatic carbocycles. The lowest BCUT2D eigenvalue weighted by Gasteiger charge is -2.36. The molecule has 1 amide bonds. The van der Waals surface area contributed by atoms with Crippen LogP contribution in [0, 0.1) is 0 Å². The summed E-state index contributed by atoms with van der Waals surface area (Å²) in [5, 5.41) is 6.37. The van der Waals surface area contributed by atoms with Crippen molar-refractivity contribution in [3.63, 3.8) is 0 Å². The van der Waals surface area contributed by atoms with Crippen LogP contribution < -0.4 is 10.6 Å². The van der Waals surface area contributed by atoms with Crippen molar-refractivity contribution < 1.29 is 9.53 Å². The lowest BCUT2D eigenvalue weighted by atomic mass is 9.91. The van der Waals surface area contributed by atoms with E-state index in [-0.39, 0.29) is 36.8 Å². The maximum absolute atomic E-state index is 12.4. The minimum atomic E-state index is -0.636. The Morgan fingerprint density at radius 2 is 1.81 bits per heavy atom. The van der Waals surface area contributed by atoms with Crippen molar-refractivity contribution in [2.24, 2.45) is 0 Å². The summed E-state index contributed by atoms with van der Waals surface area (Å²) in [6.07, 6.45) is 1.49. The molecular formula is C14H31Cl2N3O2. The lowest BCUT2D eigenvalue weighted by Crippen LogP contribution is -2.56. The predicted octanol–water partition coefficient (Wildman–Crippen LogP) is 1.45. The molecule has 128 valence electrons. The first-order valence-corrected chi connectivity index (χ1v) is 7.37. The van der Waals surface area contributed by atoms with E-state index >= 15 is 0 Å². The van der Waals surface area contributed by atoms with Crippen molar-refractivity contribution in [3.8, 4) is 0 Å². The van der Waals surface area contributed by atoms with Gasteiger partial charge in [-0.3, -0.25) is 4.79 Å². The summed E-state index contributed by atoms with van der Waals surface area (Å²) < 4.78 is 5.53. The second kappa shape index (κ2) is 11.5. The van der Waals surface area contributed by atoms with E-state index in [1.807, 2.05) is 0 Å². The van der Waals surface area contributed by atoms with Gasteiger partial charge in [0.1, 0.15) is 5.60 Å². The second-order valence-electron chi connectivity index (χ2n) is 5.31. The Labute approximate surface area is 141 Å². The molecule has 5 nitrogen and oxygen atoms in total. The first kappa shape index (κ1) is 23.2. The number of likely N-dealkylation sites (N-methyl/N-ethyl adjacent to an activating group) is 1. The maximum atomic E-state index is 12.4. The summed E-state index contributed by atoms with van der Waals surface area (Å²) in [7, 11) is 1.64. The Hall–Kier alpha value is -0.0700. The number of halogens is 2. The number of nitrogens with one attached hydrogen (secondary N) is 2. The highest BCUT2D eigenvalue weighted by Gasteiger charge is 2.40. The number of amides is 1. The fraction of sp³-hybridized carbons (Fsp3) is 0.929. The van der Waals surface area contributed by atoms with Gasteiger partial charge in [-0.05, 0) is 45.9 Å². The Balaban J connectivity index is 0. The molecule has 1 unspecified atom stereocenters. The van der Waals surface area contributed by atoms with Crippen molar-refractivity contribution in [1.29, 1.82) is 0 Å². The van der Waals surface area contributed by atoms with Gasteiger partial charge in [-0.2, -0.15) is 0 Å². The van der Waals surface area contributed by atoms with Crippen LogP contribution in [0.2, 0.25) is 0 Å². The molecule has 1 aliphatic heterocycles. The van der Waals surface area contributed by atoms with E-state index in [0.29, 0.717) is 0 Å². The van der Waals surface area contributed by atoms with Crippen LogP contribution in [0.5, 0.6) is 0 Å². The summed E-state index contributed by atoms with van der Waals surface area (Å²) in [5.74, 6) is 0.0381. The number of carbonyl (C=O) groups excluding carboxylic acids is 1. The number of methoxy groups -OCH3 is 1. The molecule has 1 saturated heterocycles. The van der Waals surface area contributed by atoms with Gasteiger partial charge in [-0.1, -0.05) is 13.8 Å². The number of piperidine rings is 1. The molecule has 1 fully saturated rings. The minimum absolute atomic E-state index is 0. The molecule has 1 heterocycles. The third-order valence-electron chi connectivity index (χ3n) is 4.02. The van der Waals surface area contributed by atoms with E-state index in [2.05, 4.69) is 36.3 Å². The molecule has 0 radical (unpaired) electrons. The van der Waals surface area contributed by atoms with Crippen molar-refractivity contribution in [2.45, 2.75) is 45.3 Å². The first-order chi connectivity index (χ1) is 9.07. The van der Waals surface area contributed by atoms with E-state index in [1.165, 1.54) is 0 Å². The van der Waals surface area contributed by atoms with E-state index in [0.717, 1.165) is 45.6 Å². The van der Waals surface area contributed by atoms with Gasteiger partial charge in [0.25, 0.3) is 5.91 Å². The molecule has 1 atom stereocenters. The van der Waals surface area contributed by atoms with E-state index < -0.39 is 5.60 Å². The standard InChI is InChI=1S/C14H29N3O2.2ClH/c1-5-17(6-2)11-12(3)16-13(18)14(19-4)7-9-15-10-8-14;;/h12,15H,5-11H2,1-4H3,(H,16,18);2*1H.